The number of amides is 1. The molecule has 7 nitrogen and oxygen atoms in total. The zero-order chi connectivity index (χ0) is 25.4. The number of anilines is 1. The van der Waals surface area contributed by atoms with E-state index in [1.54, 1.807) is 48.5 Å². The number of methoxy groups -OCH3 is 1. The highest BCUT2D eigenvalue weighted by atomic mass is 32.1. The van der Waals surface area contributed by atoms with Crippen molar-refractivity contribution < 1.29 is 28.6 Å². The summed E-state index contributed by atoms with van der Waals surface area (Å²) in [5.41, 5.74) is 1.37. The number of thiazole rings is 1. The zero-order valence-corrected chi connectivity index (χ0v) is 20.2. The van der Waals surface area contributed by atoms with Gasteiger partial charge in [-0.25, -0.2) is 9.37 Å². The van der Waals surface area contributed by atoms with E-state index in [4.69, 9.17) is 9.47 Å². The maximum absolute atomic E-state index is 13.8. The van der Waals surface area contributed by atoms with Crippen molar-refractivity contribution >= 4 is 44.1 Å². The minimum absolute atomic E-state index is 0.0697. The Morgan fingerprint density at radius 2 is 1.75 bits per heavy atom. The van der Waals surface area contributed by atoms with Gasteiger partial charge in [-0.15, -0.1) is 0 Å². The highest BCUT2D eigenvalue weighted by Crippen LogP contribution is 2.44. The molecule has 1 saturated heterocycles. The van der Waals surface area contributed by atoms with Gasteiger partial charge in [0.2, 0.25) is 0 Å². The van der Waals surface area contributed by atoms with E-state index < -0.39 is 23.5 Å². The van der Waals surface area contributed by atoms with Crippen LogP contribution in [0.2, 0.25) is 0 Å². The molecule has 9 heteroatoms. The second-order valence-corrected chi connectivity index (χ2v) is 9.02. The fourth-order valence-corrected chi connectivity index (χ4v) is 5.17. The molecular formula is C27H21FN2O5S. The van der Waals surface area contributed by atoms with Crippen molar-refractivity contribution in [3.8, 4) is 11.5 Å². The number of halogens is 1. The predicted octanol–water partition coefficient (Wildman–Crippen LogP) is 5.47. The SMILES string of the molecule is CCOc1ccc([C@@H]2/C(=C(\O)c3ccc(OC)cc3)C(=O)C(=O)N2c2nc3ccc(F)cc3s2)cc1. The Morgan fingerprint density at radius 3 is 2.42 bits per heavy atom. The maximum Gasteiger partial charge on any atom is 0.301 e. The Bertz CT molecular complexity index is 1500. The number of hydrogen-bond acceptors (Lipinski definition) is 7. The molecule has 0 aliphatic carbocycles. The molecule has 1 N–H and O–H groups in total. The molecular weight excluding hydrogens is 483 g/mol. The molecule has 182 valence electrons. The third-order valence-corrected chi connectivity index (χ3v) is 6.88. The monoisotopic (exact) mass is 504 g/mol. The van der Waals surface area contributed by atoms with Gasteiger partial charge in [0.15, 0.2) is 5.13 Å². The molecule has 0 bridgehead atoms. The van der Waals surface area contributed by atoms with Gasteiger partial charge in [0, 0.05) is 5.56 Å². The van der Waals surface area contributed by atoms with Crippen molar-refractivity contribution in [1.29, 1.82) is 0 Å². The molecule has 1 fully saturated rings. The van der Waals surface area contributed by atoms with Crippen molar-refractivity contribution in [3.05, 3.63) is 89.2 Å². The number of ether oxygens (including phenoxy) is 2. The molecule has 5 rings (SSSR count). The molecule has 1 aliphatic rings. The first kappa shape index (κ1) is 23.5. The summed E-state index contributed by atoms with van der Waals surface area (Å²) in [5.74, 6) is -1.21. The summed E-state index contributed by atoms with van der Waals surface area (Å²) in [4.78, 5) is 32.4. The van der Waals surface area contributed by atoms with Crippen LogP contribution < -0.4 is 14.4 Å². The zero-order valence-electron chi connectivity index (χ0n) is 19.4. The van der Waals surface area contributed by atoms with Crippen LogP contribution in [0.3, 0.4) is 0 Å². The molecule has 0 radical (unpaired) electrons. The van der Waals surface area contributed by atoms with Crippen LogP contribution in [0.5, 0.6) is 11.5 Å². The number of fused-ring (bicyclic) bond motifs is 1. The van der Waals surface area contributed by atoms with Crippen LogP contribution in [0.1, 0.15) is 24.1 Å². The summed E-state index contributed by atoms with van der Waals surface area (Å²) in [6, 6.07) is 16.7. The number of carbonyl (C=O) groups is 2. The number of hydrogen-bond donors (Lipinski definition) is 1. The number of ketones is 1. The predicted molar refractivity (Wildman–Crippen MR) is 135 cm³/mol. The summed E-state index contributed by atoms with van der Waals surface area (Å²) in [7, 11) is 1.52. The third-order valence-electron chi connectivity index (χ3n) is 5.86. The van der Waals surface area contributed by atoms with Crippen molar-refractivity contribution in [2.45, 2.75) is 13.0 Å². The molecule has 1 aliphatic heterocycles. The van der Waals surface area contributed by atoms with Crippen molar-refractivity contribution in [1.82, 2.24) is 4.98 Å². The first-order valence-electron chi connectivity index (χ1n) is 11.2. The lowest BCUT2D eigenvalue weighted by atomic mass is 9.95. The maximum atomic E-state index is 13.8. The largest absolute Gasteiger partial charge is 0.507 e. The van der Waals surface area contributed by atoms with Gasteiger partial charge in [-0.2, -0.15) is 0 Å². The number of aromatic nitrogens is 1. The molecule has 0 spiro atoms. The van der Waals surface area contributed by atoms with Crippen LogP contribution in [-0.4, -0.2) is 35.5 Å². The second kappa shape index (κ2) is 9.43. The van der Waals surface area contributed by atoms with E-state index in [0.717, 1.165) is 11.3 Å². The Kier molecular flexibility index (Phi) is 6.15. The minimum Gasteiger partial charge on any atom is -0.507 e. The van der Waals surface area contributed by atoms with Crippen molar-refractivity contribution in [2.75, 3.05) is 18.6 Å². The number of aliphatic hydroxyl groups excluding tert-OH is 1. The van der Waals surface area contributed by atoms with E-state index >= 15 is 0 Å². The fourth-order valence-electron chi connectivity index (χ4n) is 4.15. The molecule has 0 saturated carbocycles. The van der Waals surface area contributed by atoms with E-state index in [1.165, 1.54) is 30.2 Å². The van der Waals surface area contributed by atoms with E-state index in [-0.39, 0.29) is 16.5 Å². The van der Waals surface area contributed by atoms with Gasteiger partial charge in [0.1, 0.15) is 23.1 Å². The summed E-state index contributed by atoms with van der Waals surface area (Å²) in [5, 5.41) is 11.5. The lowest BCUT2D eigenvalue weighted by Gasteiger charge is -2.23. The molecule has 4 aromatic rings. The Morgan fingerprint density at radius 1 is 1.06 bits per heavy atom. The molecule has 3 aromatic carbocycles. The van der Waals surface area contributed by atoms with Crippen LogP contribution in [0.25, 0.3) is 16.0 Å². The molecule has 2 heterocycles. The summed E-state index contributed by atoms with van der Waals surface area (Å²) in [6.07, 6.45) is 0. The number of nitrogens with zero attached hydrogens (tertiary/aromatic N) is 2. The molecule has 1 aromatic heterocycles. The molecule has 0 unspecified atom stereocenters. The second-order valence-electron chi connectivity index (χ2n) is 8.01. The van der Waals surface area contributed by atoms with Crippen molar-refractivity contribution in [2.24, 2.45) is 0 Å². The Balaban J connectivity index is 1.68. The van der Waals surface area contributed by atoms with Crippen LogP contribution in [0, 0.1) is 5.82 Å². The average Bonchev–Trinajstić information content (AvgIpc) is 3.42. The van der Waals surface area contributed by atoms with E-state index in [1.807, 2.05) is 6.92 Å². The van der Waals surface area contributed by atoms with Gasteiger partial charge in [-0.3, -0.25) is 14.5 Å². The highest BCUT2D eigenvalue weighted by Gasteiger charge is 2.48. The summed E-state index contributed by atoms with van der Waals surface area (Å²) in [6.45, 7) is 2.35. The molecule has 1 atom stereocenters. The van der Waals surface area contributed by atoms with Gasteiger partial charge >= 0.3 is 5.91 Å². The van der Waals surface area contributed by atoms with Crippen LogP contribution >= 0.6 is 11.3 Å². The first-order chi connectivity index (χ1) is 17.4. The third kappa shape index (κ3) is 4.07. The quantitative estimate of drug-likeness (QED) is 0.213. The highest BCUT2D eigenvalue weighted by molar-refractivity contribution is 7.22. The number of benzene rings is 3. The van der Waals surface area contributed by atoms with Gasteiger partial charge in [0.25, 0.3) is 5.78 Å². The van der Waals surface area contributed by atoms with Gasteiger partial charge < -0.3 is 14.6 Å². The summed E-state index contributed by atoms with van der Waals surface area (Å²) >= 11 is 1.09. The topological polar surface area (TPSA) is 89.0 Å². The number of aliphatic hydroxyl groups is 1. The normalized spacial score (nSPS) is 17.1. The van der Waals surface area contributed by atoms with Gasteiger partial charge in [-0.1, -0.05) is 23.5 Å². The number of carbonyl (C=O) groups excluding carboxylic acids is 2. The summed E-state index contributed by atoms with van der Waals surface area (Å²) < 4.78 is 25.0. The van der Waals surface area contributed by atoms with Crippen LogP contribution in [0.15, 0.2) is 72.3 Å². The van der Waals surface area contributed by atoms with E-state index in [2.05, 4.69) is 4.98 Å². The minimum atomic E-state index is -0.951. The average molecular weight is 505 g/mol. The van der Waals surface area contributed by atoms with Crippen molar-refractivity contribution in [3.63, 3.8) is 0 Å². The Hall–Kier alpha value is -4.24. The number of Topliss-reactive ketones (excluding diaryl/α,β-unsaturated/α-hetero) is 1. The van der Waals surface area contributed by atoms with E-state index in [0.29, 0.717) is 39.4 Å². The standard InChI is InChI=1S/C27H21FN2O5S/c1-3-35-19-11-4-15(5-12-19)23-22(24(31)16-6-9-18(34-2)10-7-16)25(32)26(33)30(23)27-29-20-13-8-17(28)14-21(20)36-27/h4-14,23,31H,3H2,1-2H3/b24-22+/t23-/m1/s1. The Labute approximate surface area is 210 Å². The van der Waals surface area contributed by atoms with E-state index in [9.17, 15) is 19.1 Å². The number of rotatable bonds is 6. The van der Waals surface area contributed by atoms with Gasteiger partial charge in [-0.05, 0) is 67.1 Å². The smallest absolute Gasteiger partial charge is 0.301 e. The molecule has 36 heavy (non-hydrogen) atoms. The first-order valence-corrected chi connectivity index (χ1v) is 12.0. The van der Waals surface area contributed by atoms with Gasteiger partial charge in [0.05, 0.1) is 35.5 Å². The molecule has 1 amide bonds. The fraction of sp³-hybridized carbons (Fsp3) is 0.148. The van der Waals surface area contributed by atoms with Crippen LogP contribution in [0.4, 0.5) is 9.52 Å². The lowest BCUT2D eigenvalue weighted by molar-refractivity contribution is -0.132. The lowest BCUT2D eigenvalue weighted by Crippen LogP contribution is -2.29. The van der Waals surface area contributed by atoms with Crippen LogP contribution in [-0.2, 0) is 9.59 Å².